The van der Waals surface area contributed by atoms with Gasteiger partial charge in [-0.2, -0.15) is 20.0 Å². The van der Waals surface area contributed by atoms with Crippen LogP contribution in [0.15, 0.2) is 182 Å². The summed E-state index contributed by atoms with van der Waals surface area (Å²) in [6.07, 6.45) is -1.60. The Morgan fingerprint density at radius 2 is 0.411 bits per heavy atom. The maximum Gasteiger partial charge on any atom is 0.280 e. The van der Waals surface area contributed by atoms with Gasteiger partial charge in [-0.05, 0) is 144 Å². The molecule has 34 nitrogen and oxygen atoms in total. The first-order valence-electron chi connectivity index (χ1n) is 34.0. The number of pyridine rings is 2. The van der Waals surface area contributed by atoms with Gasteiger partial charge < -0.3 is 41.7 Å². The van der Waals surface area contributed by atoms with Gasteiger partial charge in [-0.25, -0.2) is 9.97 Å². The van der Waals surface area contributed by atoms with Crippen molar-refractivity contribution < 1.29 is 97.1 Å². The molecule has 15 aliphatic heterocycles. The summed E-state index contributed by atoms with van der Waals surface area (Å²) in [5.41, 5.74) is 5.68. The van der Waals surface area contributed by atoms with Gasteiger partial charge in [-0.15, -0.1) is 0 Å². The molecule has 0 fully saturated rings. The Hall–Kier alpha value is -15.9. The Morgan fingerprint density at radius 3 is 0.580 bits per heavy atom. The zero-order valence-corrected chi connectivity index (χ0v) is 57.5. The predicted molar refractivity (Wildman–Crippen MR) is 383 cm³/mol. The second-order valence-corrected chi connectivity index (χ2v) is 26.2. The van der Waals surface area contributed by atoms with Crippen LogP contribution in [-0.2, 0) is 44.9 Å². The number of hydrogen-bond acceptors (Lipinski definition) is 22. The van der Waals surface area contributed by atoms with E-state index < -0.39 is 167 Å². The highest BCUT2D eigenvalue weighted by Crippen LogP contribution is 2.40. The van der Waals surface area contributed by atoms with Crippen LogP contribution < -0.4 is 43.0 Å². The van der Waals surface area contributed by atoms with Gasteiger partial charge in [0, 0.05) is 47.2 Å². The van der Waals surface area contributed by atoms with Crippen molar-refractivity contribution in [2.24, 2.45) is 0 Å². The fourth-order valence-electron chi connectivity index (χ4n) is 13.5. The number of nitrogens with one attached hydrogen (secondary N) is 8. The van der Waals surface area contributed by atoms with Crippen LogP contribution in [0.1, 0.15) is 147 Å². The summed E-state index contributed by atoms with van der Waals surface area (Å²) < 4.78 is 0. The molecule has 8 aromatic carbocycles. The summed E-state index contributed by atoms with van der Waals surface area (Å²) in [6, 6.07) is 30.5. The fourth-order valence-corrected chi connectivity index (χ4v) is 13.5. The molecule has 0 aliphatic carbocycles. The van der Waals surface area contributed by atoms with E-state index in [1.165, 1.54) is 109 Å². The Balaban J connectivity index is 0.784. The summed E-state index contributed by atoms with van der Waals surface area (Å²) in [5.74, 6) is -19.5. The van der Waals surface area contributed by atoms with E-state index in [1.807, 2.05) is 0 Å². The van der Waals surface area contributed by atoms with E-state index in [0.29, 0.717) is 42.3 Å². The third-order valence-corrected chi connectivity index (χ3v) is 19.1. The number of amides is 16. The lowest BCUT2D eigenvalue weighted by molar-refractivity contribution is -0.126. The number of benzene rings is 8. The predicted octanol–water partition coefficient (Wildman–Crippen LogP) is 2.59. The first kappa shape index (κ1) is 71.7. The minimum Gasteiger partial charge on any atom is -0.508 e. The van der Waals surface area contributed by atoms with Crippen molar-refractivity contribution in [3.63, 3.8) is 0 Å². The van der Waals surface area contributed by atoms with Crippen molar-refractivity contribution in [2.45, 2.75) is 49.9 Å². The molecule has 34 heteroatoms. The molecule has 0 radical (unpaired) electrons. The van der Waals surface area contributed by atoms with Crippen LogP contribution in [0.4, 0.5) is 0 Å². The number of hydrogen-bond donors (Lipinski definition) is 12. The number of rotatable bonds is 8. The van der Waals surface area contributed by atoms with E-state index in [1.54, 1.807) is 0 Å². The number of aromatic nitrogens is 2. The van der Waals surface area contributed by atoms with E-state index >= 15 is 0 Å². The molecule has 4 atom stereocenters. The third kappa shape index (κ3) is 13.3. The molecule has 17 heterocycles. The Bertz CT molecular complexity index is 5050. The molecule has 2 aromatic heterocycles. The molecule has 25 rings (SSSR count). The van der Waals surface area contributed by atoms with Crippen molar-refractivity contribution in [3.8, 4) is 23.0 Å². The Morgan fingerprint density at radius 1 is 0.241 bits per heavy atom. The van der Waals surface area contributed by atoms with E-state index in [4.69, 9.17) is 0 Å². The maximum absolute atomic E-state index is 14.7. The van der Waals surface area contributed by atoms with E-state index in [-0.39, 0.29) is 89.1 Å². The van der Waals surface area contributed by atoms with Gasteiger partial charge in [-0.3, -0.25) is 98.4 Å². The van der Waals surface area contributed by atoms with Gasteiger partial charge >= 0.3 is 0 Å². The quantitative estimate of drug-likeness (QED) is 0.0973. The van der Waals surface area contributed by atoms with Gasteiger partial charge in [0.25, 0.3) is 94.5 Å². The molecule has 10 aromatic rings. The molecular weight excluding hydrogens is 1450 g/mol. The minimum absolute atomic E-state index is 0.178. The molecule has 16 amide bonds. The molecule has 556 valence electrons. The smallest absolute Gasteiger partial charge is 0.280 e. The number of phenols is 4. The lowest BCUT2D eigenvalue weighted by Gasteiger charge is -2.32. The number of carbonyl (C=O) groups is 16. The van der Waals surface area contributed by atoms with Gasteiger partial charge in [0.05, 0.1) is 44.5 Å². The van der Waals surface area contributed by atoms with Crippen molar-refractivity contribution in [3.05, 3.63) is 272 Å². The maximum atomic E-state index is 14.7. The molecule has 112 heavy (non-hydrogen) atoms. The first-order chi connectivity index (χ1) is 53.7. The summed E-state index contributed by atoms with van der Waals surface area (Å²) in [6.45, 7) is 0. The number of nitrogens with zero attached hydrogens (tertiary/aromatic N) is 6. The van der Waals surface area contributed by atoms with Gasteiger partial charge in [-0.1, -0.05) is 60.7 Å². The largest absolute Gasteiger partial charge is 0.508 e. The van der Waals surface area contributed by atoms with Crippen LogP contribution in [-0.4, -0.2) is 169 Å². The Labute approximate surface area is 627 Å². The Kier molecular flexibility index (Phi) is 18.2. The topological polar surface area (TPSA) is 489 Å². The van der Waals surface area contributed by atoms with Crippen LogP contribution >= 0.6 is 0 Å². The highest BCUT2D eigenvalue weighted by Gasteiger charge is 2.45. The van der Waals surface area contributed by atoms with E-state index in [9.17, 15) is 97.1 Å². The molecule has 12 N–H and O–H groups in total. The van der Waals surface area contributed by atoms with Crippen LogP contribution in [0.2, 0.25) is 0 Å². The normalized spacial score (nSPS) is 18.4. The van der Waals surface area contributed by atoms with E-state index in [2.05, 4.69) is 52.9 Å². The number of aromatic hydroxyl groups is 4. The molecule has 20 bridgehead atoms. The van der Waals surface area contributed by atoms with Crippen molar-refractivity contribution in [2.75, 3.05) is 0 Å². The second kappa shape index (κ2) is 28.4. The highest BCUT2D eigenvalue weighted by atomic mass is 16.3. The molecule has 0 unspecified atom stereocenters. The molecule has 0 saturated carbocycles. The molecule has 0 saturated heterocycles. The lowest BCUT2D eigenvalue weighted by atomic mass is 9.86. The summed E-state index contributed by atoms with van der Waals surface area (Å²) >= 11 is 0. The second-order valence-electron chi connectivity index (χ2n) is 26.2. The lowest BCUT2D eigenvalue weighted by Crippen LogP contribution is -2.58. The first-order valence-corrected chi connectivity index (χ1v) is 34.0. The SMILES string of the molecule is O=C1N[C@@H](Cc2ccc(O)cc2)C(=O)NN2C(=O)c3ccc4c5c(ccc(c35)C2=O)C(=O)N(NC(=O)[C@@H](Cc2ccc(O)cc2)NC(=O)c2cccc(n2)C(=O)N[C@H](Cc2ccc(O)cc2)C(=O)NN2C(=O)c3ccc5c6c(ccc(c36)C2=O)C(=O)N(NC(=O)[C@H](Cc2ccc(O)cc2)NC(=O)c2cccc1n2)C5=O)C4=O. The van der Waals surface area contributed by atoms with Crippen LogP contribution in [0, 0.1) is 0 Å². The van der Waals surface area contributed by atoms with Crippen LogP contribution in [0.5, 0.6) is 23.0 Å². The molecular formula is C78H54N14O20. The van der Waals surface area contributed by atoms with Crippen LogP contribution in [0.3, 0.4) is 0 Å². The average Bonchev–Trinajstić information content (AvgIpc) is 0.716. The molecule has 15 aliphatic rings. The monoisotopic (exact) mass is 1510 g/mol. The van der Waals surface area contributed by atoms with Crippen LogP contribution in [0.25, 0.3) is 21.5 Å². The van der Waals surface area contributed by atoms with Crippen molar-refractivity contribution >= 4 is 116 Å². The van der Waals surface area contributed by atoms with Gasteiger partial charge in [0.1, 0.15) is 69.9 Å². The number of imide groups is 4. The summed E-state index contributed by atoms with van der Waals surface area (Å²) in [7, 11) is 0. The number of phenolic OH excluding ortho intramolecular Hbond substituents is 4. The fraction of sp³-hybridized carbons (Fsp3) is 0.103. The van der Waals surface area contributed by atoms with Crippen molar-refractivity contribution in [1.82, 2.24) is 73.0 Å². The average molecular weight is 1510 g/mol. The number of carbonyl (C=O) groups excluding carboxylic acids is 16. The van der Waals surface area contributed by atoms with Crippen molar-refractivity contribution in [1.29, 1.82) is 0 Å². The summed E-state index contributed by atoms with van der Waals surface area (Å²) in [5, 5.41) is 51.0. The number of hydrazine groups is 4. The molecule has 0 spiro atoms. The highest BCUT2D eigenvalue weighted by molar-refractivity contribution is 6.35. The third-order valence-electron chi connectivity index (χ3n) is 19.1. The van der Waals surface area contributed by atoms with Gasteiger partial charge in [0.2, 0.25) is 0 Å². The minimum atomic E-state index is -1.73. The zero-order valence-electron chi connectivity index (χ0n) is 57.5. The zero-order chi connectivity index (χ0) is 78.8. The standard InChI is InChI=1S/C78H54N14O20/c93-39-15-7-35(8-16-39)31-55-67(101)85-89-71(105)43-23-27-47-61-48(28-24-44(59(43)61)72(89)106)76(110)91(75(47)109)87-69(103)57(33-37-11-19-41(95)20-12-37)83-65(99)53-5-2-6-54(80-53)66(100)84-58(34-38-13-21-42(96)22-14-38)70(104)88-92-77(111)49-29-25-45-60-46(26-30-50(62(49)60)78(92)112)74(108)90(73(45)107)86-68(102)56(32-36-9-17-40(94)18-10-36)82-64(98)52-4-1-3-51(79-52)63(97)81-55/h1-30,55-58,93-96H,31-34H2,(H,81,97)(H,82,98)(H,83,99)(H,84,100)(H,85,101)(H,86,102)(H,87,103)(H,88,104)/t55-,56-,57+,58+. The van der Waals surface area contributed by atoms with E-state index in [0.717, 1.165) is 72.8 Å². The van der Waals surface area contributed by atoms with Gasteiger partial charge in [0.15, 0.2) is 0 Å². The summed E-state index contributed by atoms with van der Waals surface area (Å²) in [4.78, 5) is 242.